The monoisotopic (exact) mass is 565 g/mol. The van der Waals surface area contributed by atoms with Crippen molar-refractivity contribution in [3.8, 4) is 5.82 Å². The van der Waals surface area contributed by atoms with E-state index in [-0.39, 0.29) is 37.4 Å². The van der Waals surface area contributed by atoms with Crippen LogP contribution in [0.1, 0.15) is 45.8 Å². The van der Waals surface area contributed by atoms with Crippen molar-refractivity contribution in [1.29, 1.82) is 0 Å². The summed E-state index contributed by atoms with van der Waals surface area (Å²) in [5.41, 5.74) is 4.76. The van der Waals surface area contributed by atoms with Crippen LogP contribution in [0.25, 0.3) is 5.82 Å². The Morgan fingerprint density at radius 3 is 2.33 bits per heavy atom. The van der Waals surface area contributed by atoms with Gasteiger partial charge in [0.2, 0.25) is 0 Å². The fourth-order valence-corrected chi connectivity index (χ4v) is 3.59. The number of aryl methyl sites for hydroxylation is 1. The zero-order chi connectivity index (χ0) is 25.1. The Labute approximate surface area is 205 Å². The average molecular weight is 567 g/mol. The molecule has 0 atom stereocenters. The molecule has 3 aromatic rings. The largest absolute Gasteiger partial charge is 0.417 e. The van der Waals surface area contributed by atoms with Crippen molar-refractivity contribution in [1.82, 2.24) is 14.8 Å². The first kappa shape index (κ1) is 26.6. The van der Waals surface area contributed by atoms with E-state index >= 15 is 0 Å². The van der Waals surface area contributed by atoms with Gasteiger partial charge in [0.05, 0.1) is 21.8 Å². The van der Waals surface area contributed by atoms with Crippen LogP contribution in [0.3, 0.4) is 0 Å². The number of amides is 2. The van der Waals surface area contributed by atoms with Crippen LogP contribution in [0.4, 0.5) is 18.9 Å². The lowest BCUT2D eigenvalue weighted by Gasteiger charge is -2.14. The van der Waals surface area contributed by atoms with E-state index in [0.29, 0.717) is 17.8 Å². The quantitative estimate of drug-likeness (QED) is 0.402. The summed E-state index contributed by atoms with van der Waals surface area (Å²) >= 11 is 15.0. The van der Waals surface area contributed by atoms with Crippen LogP contribution in [0.15, 0.2) is 35.1 Å². The highest BCUT2D eigenvalue weighted by Gasteiger charge is 2.32. The van der Waals surface area contributed by atoms with E-state index in [1.54, 1.807) is 6.92 Å². The molecule has 3 rings (SSSR count). The minimum Gasteiger partial charge on any atom is -0.366 e. The second kappa shape index (κ2) is 10.5. The predicted octanol–water partition coefficient (Wildman–Crippen LogP) is 6.04. The van der Waals surface area contributed by atoms with Crippen molar-refractivity contribution in [2.24, 2.45) is 5.73 Å². The summed E-state index contributed by atoms with van der Waals surface area (Å²) in [5, 5.41) is 6.45. The van der Waals surface area contributed by atoms with E-state index < -0.39 is 23.6 Å². The van der Waals surface area contributed by atoms with Crippen LogP contribution in [-0.4, -0.2) is 26.6 Å². The van der Waals surface area contributed by atoms with Gasteiger partial charge in [-0.25, -0.2) is 9.67 Å². The number of rotatable bonds is 4. The molecule has 1 aromatic carbocycles. The molecular formula is C20H17BrCl2F3N5O2. The molecule has 13 heteroatoms. The lowest BCUT2D eigenvalue weighted by Crippen LogP contribution is -2.22. The number of halogens is 6. The van der Waals surface area contributed by atoms with E-state index in [4.69, 9.17) is 28.9 Å². The van der Waals surface area contributed by atoms with Gasteiger partial charge in [0.15, 0.2) is 5.82 Å². The van der Waals surface area contributed by atoms with E-state index in [2.05, 4.69) is 31.3 Å². The van der Waals surface area contributed by atoms with Crippen LogP contribution >= 0.6 is 39.1 Å². The van der Waals surface area contributed by atoms with Gasteiger partial charge in [-0.3, -0.25) is 9.59 Å². The van der Waals surface area contributed by atoms with Crippen molar-refractivity contribution < 1.29 is 22.8 Å². The first-order valence-corrected chi connectivity index (χ1v) is 10.8. The first-order chi connectivity index (χ1) is 15.4. The summed E-state index contributed by atoms with van der Waals surface area (Å²) in [4.78, 5) is 28.4. The average Bonchev–Trinajstić information content (AvgIpc) is 3.11. The van der Waals surface area contributed by atoms with Gasteiger partial charge in [-0.1, -0.05) is 37.0 Å². The Balaban J connectivity index is 0.00000187. The fourth-order valence-electron chi connectivity index (χ4n) is 2.70. The second-order valence-corrected chi connectivity index (χ2v) is 7.91. The molecule has 2 amide bonds. The molecule has 2 heterocycles. The van der Waals surface area contributed by atoms with Gasteiger partial charge in [-0.2, -0.15) is 18.3 Å². The highest BCUT2D eigenvalue weighted by molar-refractivity contribution is 9.10. The molecule has 0 unspecified atom stereocenters. The number of aromatic nitrogens is 3. The zero-order valence-corrected chi connectivity index (χ0v) is 20.5. The molecule has 0 aliphatic heterocycles. The smallest absolute Gasteiger partial charge is 0.366 e. The number of hydrogen-bond acceptors (Lipinski definition) is 4. The molecule has 0 fully saturated rings. The summed E-state index contributed by atoms with van der Waals surface area (Å²) in [5.74, 6) is -1.76. The van der Waals surface area contributed by atoms with Gasteiger partial charge >= 0.3 is 6.18 Å². The number of nitrogens with two attached hydrogens (primary N) is 1. The molecule has 0 aliphatic rings. The third kappa shape index (κ3) is 6.04. The molecule has 0 saturated carbocycles. The van der Waals surface area contributed by atoms with Gasteiger partial charge in [0, 0.05) is 17.3 Å². The van der Waals surface area contributed by atoms with Gasteiger partial charge in [0.1, 0.15) is 10.3 Å². The number of primary amides is 1. The summed E-state index contributed by atoms with van der Waals surface area (Å²) < 4.78 is 39.8. The highest BCUT2D eigenvalue weighted by Crippen LogP contribution is 2.33. The zero-order valence-electron chi connectivity index (χ0n) is 17.4. The number of nitrogens with zero attached hydrogens (tertiary/aromatic N) is 3. The van der Waals surface area contributed by atoms with Crippen molar-refractivity contribution in [3.63, 3.8) is 0 Å². The Kier molecular flexibility index (Phi) is 8.50. The molecule has 0 aliphatic carbocycles. The predicted molar refractivity (Wildman–Crippen MR) is 123 cm³/mol. The number of pyridine rings is 1. The van der Waals surface area contributed by atoms with Crippen LogP contribution in [-0.2, 0) is 6.18 Å². The van der Waals surface area contributed by atoms with Crippen molar-refractivity contribution in [2.45, 2.75) is 26.9 Å². The molecule has 0 radical (unpaired) electrons. The van der Waals surface area contributed by atoms with E-state index in [1.165, 1.54) is 18.2 Å². The van der Waals surface area contributed by atoms with E-state index in [1.807, 2.05) is 13.8 Å². The first-order valence-electron chi connectivity index (χ1n) is 9.28. The summed E-state index contributed by atoms with van der Waals surface area (Å²) in [6.45, 7) is 5.61. The van der Waals surface area contributed by atoms with Gasteiger partial charge in [0.25, 0.3) is 11.8 Å². The van der Waals surface area contributed by atoms with Crippen LogP contribution in [0.5, 0.6) is 0 Å². The van der Waals surface area contributed by atoms with Crippen molar-refractivity contribution in [3.05, 3.63) is 67.5 Å². The van der Waals surface area contributed by atoms with Crippen molar-refractivity contribution >= 4 is 56.6 Å². The maximum Gasteiger partial charge on any atom is 0.417 e. The molecule has 0 bridgehead atoms. The third-order valence-corrected chi connectivity index (χ3v) is 4.95. The Morgan fingerprint density at radius 1 is 1.15 bits per heavy atom. The maximum absolute atomic E-state index is 12.9. The molecule has 7 nitrogen and oxygen atoms in total. The molecule has 3 N–H and O–H groups in total. The molecule has 33 heavy (non-hydrogen) atoms. The Morgan fingerprint density at radius 2 is 1.79 bits per heavy atom. The second-order valence-electron chi connectivity index (χ2n) is 6.25. The van der Waals surface area contributed by atoms with Gasteiger partial charge < -0.3 is 11.1 Å². The normalized spacial score (nSPS) is 10.9. The number of hydrogen-bond donors (Lipinski definition) is 2. The number of carbonyl (C=O) groups excluding carboxylic acids is 2. The summed E-state index contributed by atoms with van der Waals surface area (Å²) in [6, 6.07) is 4.80. The highest BCUT2D eigenvalue weighted by atomic mass is 79.9. The maximum atomic E-state index is 12.9. The number of carbonyl (C=O) groups is 2. The standard InChI is InChI=1S/C18H11BrCl2F3N5O2.C2H6/c1-7-2-9(20)4-10(15(25)30)14(7)27-17(31)12-5-13(19)28-29(12)16-11(21)3-8(6-26-16)18(22,23)24;1-2/h2-6H,1H3,(H2,25,30)(H,27,31);1-2H3. The molecule has 2 aromatic heterocycles. The van der Waals surface area contributed by atoms with Crippen molar-refractivity contribution in [2.75, 3.05) is 5.32 Å². The number of alkyl halides is 3. The minimum atomic E-state index is -4.64. The third-order valence-electron chi connectivity index (χ3n) is 4.07. The lowest BCUT2D eigenvalue weighted by atomic mass is 10.1. The van der Waals surface area contributed by atoms with E-state index in [0.717, 1.165) is 4.68 Å². The fraction of sp³-hybridized carbons (Fsp3) is 0.200. The van der Waals surface area contributed by atoms with Crippen LogP contribution in [0, 0.1) is 6.92 Å². The molecule has 176 valence electrons. The molecular weight excluding hydrogens is 550 g/mol. The number of nitrogens with one attached hydrogen (secondary N) is 1. The summed E-state index contributed by atoms with van der Waals surface area (Å²) in [6.07, 6.45) is -4.07. The van der Waals surface area contributed by atoms with Crippen LogP contribution in [0.2, 0.25) is 10.0 Å². The lowest BCUT2D eigenvalue weighted by molar-refractivity contribution is -0.137. The van der Waals surface area contributed by atoms with Crippen LogP contribution < -0.4 is 11.1 Å². The number of benzene rings is 1. The molecule has 0 saturated heterocycles. The topological polar surface area (TPSA) is 103 Å². The van der Waals surface area contributed by atoms with Gasteiger partial charge in [-0.05, 0) is 46.6 Å². The van der Waals surface area contributed by atoms with E-state index in [9.17, 15) is 22.8 Å². The SMILES string of the molecule is CC.Cc1cc(Cl)cc(C(N)=O)c1NC(=O)c1cc(Br)nn1-c1ncc(C(F)(F)F)cc1Cl. The Bertz CT molecular complexity index is 1220. The minimum absolute atomic E-state index is 0.0193. The number of anilines is 1. The Hall–Kier alpha value is -2.63. The summed E-state index contributed by atoms with van der Waals surface area (Å²) in [7, 11) is 0. The van der Waals surface area contributed by atoms with Gasteiger partial charge in [-0.15, -0.1) is 0 Å². The molecule has 0 spiro atoms.